The van der Waals surface area contributed by atoms with E-state index in [1.54, 1.807) is 18.2 Å². The Labute approximate surface area is 130 Å². The maximum absolute atomic E-state index is 13.4. The van der Waals surface area contributed by atoms with E-state index in [4.69, 9.17) is 4.74 Å². The van der Waals surface area contributed by atoms with Crippen molar-refractivity contribution in [1.29, 1.82) is 0 Å². The van der Waals surface area contributed by atoms with Gasteiger partial charge in [-0.3, -0.25) is 4.79 Å². The average Bonchev–Trinajstić information content (AvgIpc) is 2.50. The quantitative estimate of drug-likeness (QED) is 0.881. The Morgan fingerprint density at radius 2 is 1.86 bits per heavy atom. The largest absolute Gasteiger partial charge is 0.490 e. The number of para-hydroxylation sites is 1. The minimum absolute atomic E-state index is 0.0680. The van der Waals surface area contributed by atoms with Crippen molar-refractivity contribution in [2.45, 2.75) is 26.3 Å². The van der Waals surface area contributed by atoms with Gasteiger partial charge in [0.25, 0.3) is 0 Å². The van der Waals surface area contributed by atoms with E-state index < -0.39 is 5.82 Å². The molecule has 0 bridgehead atoms. The summed E-state index contributed by atoms with van der Waals surface area (Å²) in [7, 11) is 0. The van der Waals surface area contributed by atoms with Crippen molar-refractivity contribution in [3.8, 4) is 5.75 Å². The van der Waals surface area contributed by atoms with Crippen LogP contribution in [0.5, 0.6) is 5.75 Å². The fourth-order valence-corrected chi connectivity index (χ4v) is 2.07. The van der Waals surface area contributed by atoms with Gasteiger partial charge in [-0.25, -0.2) is 4.39 Å². The summed E-state index contributed by atoms with van der Waals surface area (Å²) < 4.78 is 18.6. The molecule has 2 aromatic carbocycles. The molecule has 1 unspecified atom stereocenters. The van der Waals surface area contributed by atoms with Crippen LogP contribution in [-0.4, -0.2) is 12.5 Å². The Morgan fingerprint density at radius 1 is 1.18 bits per heavy atom. The van der Waals surface area contributed by atoms with Gasteiger partial charge in [0, 0.05) is 0 Å². The molecule has 0 heterocycles. The lowest BCUT2D eigenvalue weighted by Crippen LogP contribution is -2.27. The van der Waals surface area contributed by atoms with Crippen molar-refractivity contribution in [2.75, 3.05) is 6.61 Å². The lowest BCUT2D eigenvalue weighted by Gasteiger charge is -2.15. The van der Waals surface area contributed by atoms with Gasteiger partial charge in [0.05, 0.1) is 19.1 Å². The number of amides is 1. The predicted molar refractivity (Wildman–Crippen MR) is 84.2 cm³/mol. The predicted octanol–water partition coefficient (Wildman–Crippen LogP) is 3.78. The lowest BCUT2D eigenvalue weighted by atomic mass is 10.1. The summed E-state index contributed by atoms with van der Waals surface area (Å²) in [6, 6.07) is 14.1. The van der Waals surface area contributed by atoms with Crippen LogP contribution in [0.2, 0.25) is 0 Å². The maximum Gasteiger partial charge on any atom is 0.223 e. The van der Waals surface area contributed by atoms with Crippen LogP contribution in [0.4, 0.5) is 4.39 Å². The fraction of sp³-hybridized carbons (Fsp3) is 0.278. The zero-order valence-electron chi connectivity index (χ0n) is 12.8. The van der Waals surface area contributed by atoms with Gasteiger partial charge in [-0.05, 0) is 31.5 Å². The summed E-state index contributed by atoms with van der Waals surface area (Å²) in [5, 5.41) is 2.90. The summed E-state index contributed by atoms with van der Waals surface area (Å²) in [5.41, 5.74) is 2.23. The van der Waals surface area contributed by atoms with Gasteiger partial charge in [0.15, 0.2) is 11.6 Å². The Bertz CT molecular complexity index is 625. The molecule has 1 N–H and O–H groups in total. The van der Waals surface area contributed by atoms with Gasteiger partial charge in [-0.15, -0.1) is 0 Å². The second-order valence-electron chi connectivity index (χ2n) is 5.23. The van der Waals surface area contributed by atoms with Crippen LogP contribution < -0.4 is 10.1 Å². The first-order valence-electron chi connectivity index (χ1n) is 7.29. The van der Waals surface area contributed by atoms with E-state index in [-0.39, 0.29) is 30.7 Å². The average molecular weight is 301 g/mol. The first kappa shape index (κ1) is 16.0. The molecule has 2 rings (SSSR count). The molecule has 116 valence electrons. The molecular weight excluding hydrogens is 281 g/mol. The summed E-state index contributed by atoms with van der Waals surface area (Å²) in [6.07, 6.45) is 0.185. The molecule has 0 radical (unpaired) electrons. The van der Waals surface area contributed by atoms with Crippen LogP contribution in [0.25, 0.3) is 0 Å². The number of aryl methyl sites for hydroxylation is 1. The Balaban J connectivity index is 1.78. The van der Waals surface area contributed by atoms with Crippen LogP contribution in [0.15, 0.2) is 48.5 Å². The number of carbonyl (C=O) groups excluding carboxylic acids is 1. The van der Waals surface area contributed by atoms with Crippen molar-refractivity contribution in [3.05, 3.63) is 65.5 Å². The first-order valence-corrected chi connectivity index (χ1v) is 7.29. The van der Waals surface area contributed by atoms with E-state index in [2.05, 4.69) is 5.32 Å². The van der Waals surface area contributed by atoms with Gasteiger partial charge in [0.1, 0.15) is 0 Å². The van der Waals surface area contributed by atoms with E-state index in [0.29, 0.717) is 0 Å². The minimum atomic E-state index is -0.420. The number of benzene rings is 2. The molecule has 1 amide bonds. The van der Waals surface area contributed by atoms with E-state index in [1.807, 2.05) is 38.1 Å². The Hall–Kier alpha value is -2.36. The van der Waals surface area contributed by atoms with Crippen molar-refractivity contribution < 1.29 is 13.9 Å². The summed E-state index contributed by atoms with van der Waals surface area (Å²) in [4.78, 5) is 11.9. The highest BCUT2D eigenvalue weighted by Gasteiger charge is 2.10. The maximum atomic E-state index is 13.4. The Kier molecular flexibility index (Phi) is 5.53. The molecule has 1 atom stereocenters. The highest BCUT2D eigenvalue weighted by atomic mass is 19.1. The lowest BCUT2D eigenvalue weighted by molar-refractivity contribution is -0.122. The molecule has 0 fully saturated rings. The molecule has 2 aromatic rings. The molecule has 0 aliphatic heterocycles. The molecule has 0 saturated heterocycles. The Morgan fingerprint density at radius 3 is 2.55 bits per heavy atom. The smallest absolute Gasteiger partial charge is 0.223 e. The normalized spacial score (nSPS) is 11.8. The van der Waals surface area contributed by atoms with Crippen LogP contribution in [0, 0.1) is 12.7 Å². The topological polar surface area (TPSA) is 38.3 Å². The molecule has 0 aromatic heterocycles. The summed E-state index contributed by atoms with van der Waals surface area (Å²) >= 11 is 0. The van der Waals surface area contributed by atoms with Crippen molar-refractivity contribution in [2.24, 2.45) is 0 Å². The number of carbonyl (C=O) groups is 1. The number of hydrogen-bond donors (Lipinski definition) is 1. The van der Waals surface area contributed by atoms with E-state index in [1.165, 1.54) is 11.6 Å². The van der Waals surface area contributed by atoms with Crippen LogP contribution >= 0.6 is 0 Å². The zero-order chi connectivity index (χ0) is 15.9. The summed E-state index contributed by atoms with van der Waals surface area (Å²) in [5.74, 6) is -0.373. The van der Waals surface area contributed by atoms with Crippen molar-refractivity contribution >= 4 is 5.91 Å². The van der Waals surface area contributed by atoms with E-state index in [0.717, 1.165) is 5.56 Å². The third-order valence-corrected chi connectivity index (χ3v) is 3.38. The minimum Gasteiger partial charge on any atom is -0.490 e. The van der Waals surface area contributed by atoms with Crippen LogP contribution in [-0.2, 0) is 4.79 Å². The molecular formula is C18H20FNO2. The highest BCUT2D eigenvalue weighted by Crippen LogP contribution is 2.16. The second-order valence-corrected chi connectivity index (χ2v) is 5.23. The van der Waals surface area contributed by atoms with Crippen LogP contribution in [0.1, 0.15) is 30.5 Å². The van der Waals surface area contributed by atoms with Gasteiger partial charge >= 0.3 is 0 Å². The zero-order valence-corrected chi connectivity index (χ0v) is 12.8. The monoisotopic (exact) mass is 301 g/mol. The van der Waals surface area contributed by atoms with E-state index in [9.17, 15) is 9.18 Å². The molecule has 22 heavy (non-hydrogen) atoms. The molecule has 0 spiro atoms. The molecule has 0 saturated carbocycles. The van der Waals surface area contributed by atoms with E-state index >= 15 is 0 Å². The van der Waals surface area contributed by atoms with Gasteiger partial charge < -0.3 is 10.1 Å². The molecule has 0 aliphatic carbocycles. The number of nitrogens with one attached hydrogen (secondary N) is 1. The van der Waals surface area contributed by atoms with Crippen LogP contribution in [0.3, 0.4) is 0 Å². The summed E-state index contributed by atoms with van der Waals surface area (Å²) in [6.45, 7) is 4.10. The fourth-order valence-electron chi connectivity index (χ4n) is 2.07. The van der Waals surface area contributed by atoms with Crippen molar-refractivity contribution in [1.82, 2.24) is 5.32 Å². The SMILES string of the molecule is Cc1ccc(C(C)NC(=O)CCOc2ccccc2F)cc1. The number of hydrogen-bond acceptors (Lipinski definition) is 2. The highest BCUT2D eigenvalue weighted by molar-refractivity contribution is 5.76. The first-order chi connectivity index (χ1) is 10.6. The third kappa shape index (κ3) is 4.58. The number of ether oxygens (including phenoxy) is 1. The second kappa shape index (κ2) is 7.59. The number of rotatable bonds is 6. The molecule has 4 heteroatoms. The van der Waals surface area contributed by atoms with Gasteiger partial charge in [0.2, 0.25) is 5.91 Å². The molecule has 0 aliphatic rings. The van der Waals surface area contributed by atoms with Crippen molar-refractivity contribution in [3.63, 3.8) is 0 Å². The van der Waals surface area contributed by atoms with Gasteiger partial charge in [-0.2, -0.15) is 0 Å². The molecule has 3 nitrogen and oxygen atoms in total. The van der Waals surface area contributed by atoms with Gasteiger partial charge in [-0.1, -0.05) is 42.0 Å². The number of halogens is 1. The third-order valence-electron chi connectivity index (χ3n) is 3.38. The standard InChI is InChI=1S/C18H20FNO2/c1-13-7-9-15(10-8-13)14(2)20-18(21)11-12-22-17-6-4-3-5-16(17)19/h3-10,14H,11-12H2,1-2H3,(H,20,21).